The van der Waals surface area contributed by atoms with E-state index in [9.17, 15) is 0 Å². The molecule has 6 N–H and O–H groups in total. The summed E-state index contributed by atoms with van der Waals surface area (Å²) >= 11 is 0. The van der Waals surface area contributed by atoms with Gasteiger partial charge >= 0.3 is 0 Å². The van der Waals surface area contributed by atoms with Crippen LogP contribution in [0.3, 0.4) is 0 Å². The topological polar surface area (TPSA) is 126 Å². The van der Waals surface area contributed by atoms with Crippen molar-refractivity contribution < 1.29 is 0 Å². The van der Waals surface area contributed by atoms with Crippen molar-refractivity contribution >= 4 is 40.5 Å². The largest absolute Gasteiger partial charge is 0.397 e. The summed E-state index contributed by atoms with van der Waals surface area (Å²) in [6, 6.07) is 11.7. The minimum atomic E-state index is -0.338. The molecule has 0 aliphatic heterocycles. The van der Waals surface area contributed by atoms with E-state index in [-0.39, 0.29) is 5.92 Å². The van der Waals surface area contributed by atoms with Crippen molar-refractivity contribution in [2.45, 2.75) is 12.5 Å². The number of pyridine rings is 2. The van der Waals surface area contributed by atoms with E-state index in [1.165, 1.54) is 6.21 Å². The molecule has 0 amide bonds. The van der Waals surface area contributed by atoms with Crippen molar-refractivity contribution in [2.24, 2.45) is 4.99 Å². The third-order valence-electron chi connectivity index (χ3n) is 4.07. The van der Waals surface area contributed by atoms with Crippen LogP contribution < -0.4 is 16.8 Å². The van der Waals surface area contributed by atoms with E-state index in [1.54, 1.807) is 25.5 Å². The van der Waals surface area contributed by atoms with Crippen LogP contribution in [0.25, 0.3) is 10.9 Å². The zero-order valence-electron chi connectivity index (χ0n) is 14.5. The second kappa shape index (κ2) is 7.60. The Morgan fingerprint density at radius 1 is 1.27 bits per heavy atom. The molecule has 0 bridgehead atoms. The van der Waals surface area contributed by atoms with Gasteiger partial charge in [0.1, 0.15) is 0 Å². The van der Waals surface area contributed by atoms with Gasteiger partial charge in [-0.1, -0.05) is 12.1 Å². The molecule has 0 aliphatic carbocycles. The van der Waals surface area contributed by atoms with E-state index >= 15 is 0 Å². The van der Waals surface area contributed by atoms with Crippen LogP contribution in [0, 0.1) is 5.41 Å². The van der Waals surface area contributed by atoms with Crippen LogP contribution in [-0.2, 0) is 6.54 Å². The van der Waals surface area contributed by atoms with Crippen molar-refractivity contribution in [3.63, 3.8) is 0 Å². The summed E-state index contributed by atoms with van der Waals surface area (Å²) < 4.78 is 0. The third-order valence-corrected chi connectivity index (χ3v) is 4.07. The maximum absolute atomic E-state index is 7.55. The number of hydrogen-bond acceptors (Lipinski definition) is 7. The number of fused-ring (bicyclic) bond motifs is 1. The van der Waals surface area contributed by atoms with Crippen LogP contribution >= 0.6 is 0 Å². The Bertz CT molecular complexity index is 965. The number of rotatable bonds is 6. The Kier molecular flexibility index (Phi) is 5.07. The van der Waals surface area contributed by atoms with Crippen LogP contribution in [-0.4, -0.2) is 29.4 Å². The first kappa shape index (κ1) is 17.3. The van der Waals surface area contributed by atoms with Crippen molar-refractivity contribution in [1.82, 2.24) is 9.97 Å². The zero-order chi connectivity index (χ0) is 18.5. The molecule has 1 atom stereocenters. The number of aromatic nitrogens is 2. The van der Waals surface area contributed by atoms with Crippen LogP contribution in [0.1, 0.15) is 17.2 Å². The molecule has 2 heterocycles. The lowest BCUT2D eigenvalue weighted by atomic mass is 10.1. The quantitative estimate of drug-likeness (QED) is 0.510. The van der Waals surface area contributed by atoms with E-state index < -0.39 is 0 Å². The molecule has 2 aromatic heterocycles. The number of anilines is 3. The van der Waals surface area contributed by atoms with Gasteiger partial charge in [0.25, 0.3) is 0 Å². The maximum atomic E-state index is 7.55. The molecule has 132 valence electrons. The number of hydrogen-bond donors (Lipinski definition) is 4. The molecule has 0 aliphatic rings. The minimum absolute atomic E-state index is 0.338. The van der Waals surface area contributed by atoms with Crippen LogP contribution in [0.2, 0.25) is 0 Å². The standard InChI is InChI=1S/C19H21N7/c1-23-11-14(9-20)17-8-15(21)18(22)19(26-17)25-10-12-4-5-16-13(7-12)3-2-6-24-16/h2-9,11,14,20H,10,22H2,1H3,(H3,21,25,26). The van der Waals surface area contributed by atoms with Gasteiger partial charge in [0.15, 0.2) is 5.82 Å². The summed E-state index contributed by atoms with van der Waals surface area (Å²) in [5, 5.41) is 11.9. The lowest BCUT2D eigenvalue weighted by molar-refractivity contribution is 1.06. The molecule has 0 saturated carbocycles. The summed E-state index contributed by atoms with van der Waals surface area (Å²) in [4.78, 5) is 12.8. The fraction of sp³-hybridized carbons (Fsp3) is 0.158. The number of nitrogens with one attached hydrogen (secondary N) is 2. The fourth-order valence-electron chi connectivity index (χ4n) is 2.69. The van der Waals surface area contributed by atoms with Gasteiger partial charge in [-0.05, 0) is 29.8 Å². The fourth-order valence-corrected chi connectivity index (χ4v) is 2.69. The highest BCUT2D eigenvalue weighted by molar-refractivity contribution is 5.90. The second-order valence-electron chi connectivity index (χ2n) is 5.88. The lowest BCUT2D eigenvalue weighted by Gasteiger charge is -2.14. The van der Waals surface area contributed by atoms with Crippen molar-refractivity contribution in [2.75, 3.05) is 23.8 Å². The molecule has 7 heteroatoms. The van der Waals surface area contributed by atoms with Gasteiger partial charge in [0, 0.05) is 37.6 Å². The molecule has 0 saturated heterocycles. The highest BCUT2D eigenvalue weighted by atomic mass is 15.0. The Morgan fingerprint density at radius 2 is 2.12 bits per heavy atom. The van der Waals surface area contributed by atoms with Crippen molar-refractivity contribution in [1.29, 1.82) is 5.41 Å². The van der Waals surface area contributed by atoms with Gasteiger partial charge in [-0.25, -0.2) is 4.98 Å². The number of nitrogens with two attached hydrogens (primary N) is 2. The molecule has 1 unspecified atom stereocenters. The summed E-state index contributed by atoms with van der Waals surface area (Å²) in [6.45, 7) is 0.544. The predicted molar refractivity (Wildman–Crippen MR) is 108 cm³/mol. The normalized spacial score (nSPS) is 12.3. The SMILES string of the molecule is CN=CC(C=N)c1cc(N)c(N)c(NCc2ccc3ncccc3c2)n1. The van der Waals surface area contributed by atoms with Crippen LogP contribution in [0.4, 0.5) is 17.2 Å². The molecule has 26 heavy (non-hydrogen) atoms. The average Bonchev–Trinajstić information content (AvgIpc) is 2.67. The van der Waals surface area contributed by atoms with Gasteiger partial charge in [-0.15, -0.1) is 0 Å². The average molecular weight is 347 g/mol. The summed E-state index contributed by atoms with van der Waals surface area (Å²) in [7, 11) is 1.66. The summed E-state index contributed by atoms with van der Waals surface area (Å²) in [5.41, 5.74) is 15.6. The van der Waals surface area contributed by atoms with E-state index in [1.807, 2.05) is 24.3 Å². The Hall–Kier alpha value is -3.48. The maximum Gasteiger partial charge on any atom is 0.151 e. The first-order valence-corrected chi connectivity index (χ1v) is 8.18. The number of benzene rings is 1. The Balaban J connectivity index is 1.86. The van der Waals surface area contributed by atoms with Gasteiger partial charge in [-0.2, -0.15) is 0 Å². The van der Waals surface area contributed by atoms with E-state index in [0.29, 0.717) is 29.4 Å². The predicted octanol–water partition coefficient (Wildman–Crippen LogP) is 2.84. The van der Waals surface area contributed by atoms with Crippen LogP contribution in [0.15, 0.2) is 47.6 Å². The van der Waals surface area contributed by atoms with Gasteiger partial charge in [0.05, 0.1) is 28.5 Å². The molecule has 3 aromatic rings. The molecule has 0 radical (unpaired) electrons. The first-order chi connectivity index (χ1) is 12.6. The van der Waals surface area contributed by atoms with Crippen LogP contribution in [0.5, 0.6) is 0 Å². The highest BCUT2D eigenvalue weighted by Gasteiger charge is 2.13. The van der Waals surface area contributed by atoms with Gasteiger partial charge in [-0.3, -0.25) is 9.98 Å². The number of aliphatic imine (C=N–C) groups is 1. The second-order valence-corrected chi connectivity index (χ2v) is 5.88. The van der Waals surface area contributed by atoms with Gasteiger partial charge in [0.2, 0.25) is 0 Å². The van der Waals surface area contributed by atoms with Crippen molar-refractivity contribution in [3.05, 3.63) is 53.9 Å². The molecular weight excluding hydrogens is 326 g/mol. The van der Waals surface area contributed by atoms with Gasteiger partial charge < -0.3 is 22.2 Å². The highest BCUT2D eigenvalue weighted by Crippen LogP contribution is 2.27. The molecule has 0 fully saturated rings. The lowest BCUT2D eigenvalue weighted by Crippen LogP contribution is -2.12. The van der Waals surface area contributed by atoms with Crippen molar-refractivity contribution in [3.8, 4) is 0 Å². The minimum Gasteiger partial charge on any atom is -0.397 e. The molecule has 1 aromatic carbocycles. The Morgan fingerprint density at radius 3 is 2.88 bits per heavy atom. The molecule has 0 spiro atoms. The van der Waals surface area contributed by atoms with E-state index in [0.717, 1.165) is 16.5 Å². The first-order valence-electron chi connectivity index (χ1n) is 8.18. The third kappa shape index (κ3) is 3.61. The monoisotopic (exact) mass is 347 g/mol. The number of nitrogen functional groups attached to an aromatic ring is 2. The summed E-state index contributed by atoms with van der Waals surface area (Å²) in [5.74, 6) is 0.165. The van der Waals surface area contributed by atoms with E-state index in [2.05, 4.69) is 26.3 Å². The smallest absolute Gasteiger partial charge is 0.151 e. The molecular formula is C19H21N7. The molecule has 7 nitrogen and oxygen atoms in total. The summed E-state index contributed by atoms with van der Waals surface area (Å²) in [6.07, 6.45) is 4.69. The number of nitrogens with zero attached hydrogens (tertiary/aromatic N) is 3. The Labute approximate surface area is 151 Å². The molecule has 3 rings (SSSR count). The zero-order valence-corrected chi connectivity index (χ0v) is 14.5. The van der Waals surface area contributed by atoms with E-state index in [4.69, 9.17) is 16.9 Å².